The fourth-order valence-electron chi connectivity index (χ4n) is 1.42. The largest absolute Gasteiger partial charge is 0.353 e. The Morgan fingerprint density at radius 1 is 1.33 bits per heavy atom. The van der Waals surface area contributed by atoms with E-state index >= 15 is 0 Å². The second kappa shape index (κ2) is 9.51. The van der Waals surface area contributed by atoms with E-state index in [4.69, 9.17) is 5.26 Å². The summed E-state index contributed by atoms with van der Waals surface area (Å²) in [5, 5.41) is 11.2. The summed E-state index contributed by atoms with van der Waals surface area (Å²) < 4.78 is 0. The van der Waals surface area contributed by atoms with Gasteiger partial charge in [0.05, 0.1) is 12.5 Å². The van der Waals surface area contributed by atoms with Gasteiger partial charge in [-0.25, -0.2) is 0 Å². The Hall–Kier alpha value is -1.04. The number of nitrogens with one attached hydrogen (secondary N) is 1. The van der Waals surface area contributed by atoms with Crippen LogP contribution in [0.5, 0.6) is 0 Å². The second-order valence-corrected chi connectivity index (χ2v) is 4.00. The molecule has 0 heterocycles. The SMILES string of the molecule is CCCCCCCC(=O)NC(C)CC#N. The maximum atomic E-state index is 11.3. The van der Waals surface area contributed by atoms with Crippen molar-refractivity contribution in [3.63, 3.8) is 0 Å². The Labute approximate surface area is 92.9 Å². The number of unbranched alkanes of at least 4 members (excludes halogenated alkanes) is 4. The number of nitriles is 1. The molecule has 0 bridgehead atoms. The molecule has 0 fully saturated rings. The average molecular weight is 210 g/mol. The molecular formula is C12H22N2O. The maximum Gasteiger partial charge on any atom is 0.220 e. The Kier molecular flexibility index (Phi) is 8.85. The van der Waals surface area contributed by atoms with Crippen molar-refractivity contribution in [3.05, 3.63) is 0 Å². The average Bonchev–Trinajstić information content (AvgIpc) is 2.17. The molecule has 3 nitrogen and oxygen atoms in total. The summed E-state index contributed by atoms with van der Waals surface area (Å²) in [6.07, 6.45) is 6.79. The van der Waals surface area contributed by atoms with Gasteiger partial charge in [0.1, 0.15) is 0 Å². The van der Waals surface area contributed by atoms with Crippen LogP contribution in [0.2, 0.25) is 0 Å². The first-order valence-corrected chi connectivity index (χ1v) is 5.87. The summed E-state index contributed by atoms with van der Waals surface area (Å²) in [6, 6.07) is 2.03. The highest BCUT2D eigenvalue weighted by atomic mass is 16.1. The Balaban J connectivity index is 3.37. The zero-order valence-electron chi connectivity index (χ0n) is 9.88. The number of amides is 1. The zero-order valence-corrected chi connectivity index (χ0v) is 9.88. The van der Waals surface area contributed by atoms with Crippen molar-refractivity contribution < 1.29 is 4.79 Å². The van der Waals surface area contributed by atoms with Crippen molar-refractivity contribution in [1.29, 1.82) is 5.26 Å². The van der Waals surface area contributed by atoms with E-state index < -0.39 is 0 Å². The lowest BCUT2D eigenvalue weighted by atomic mass is 10.1. The summed E-state index contributed by atoms with van der Waals surface area (Å²) in [5.74, 6) is 0.0780. The first-order valence-electron chi connectivity index (χ1n) is 5.87. The lowest BCUT2D eigenvalue weighted by Gasteiger charge is -2.09. The van der Waals surface area contributed by atoms with Crippen LogP contribution in [-0.4, -0.2) is 11.9 Å². The van der Waals surface area contributed by atoms with Gasteiger partial charge < -0.3 is 5.32 Å². The van der Waals surface area contributed by atoms with Gasteiger partial charge in [-0.05, 0) is 13.3 Å². The van der Waals surface area contributed by atoms with Crippen molar-refractivity contribution in [2.24, 2.45) is 0 Å². The minimum absolute atomic E-state index is 0.0156. The van der Waals surface area contributed by atoms with E-state index in [1.54, 1.807) is 0 Å². The van der Waals surface area contributed by atoms with Crippen LogP contribution in [0.3, 0.4) is 0 Å². The van der Waals surface area contributed by atoms with Crippen LogP contribution in [0.15, 0.2) is 0 Å². The molecule has 0 aliphatic heterocycles. The van der Waals surface area contributed by atoms with Gasteiger partial charge >= 0.3 is 0 Å². The van der Waals surface area contributed by atoms with Crippen LogP contribution in [0.25, 0.3) is 0 Å². The van der Waals surface area contributed by atoms with E-state index in [2.05, 4.69) is 12.2 Å². The number of hydrogen-bond donors (Lipinski definition) is 1. The number of hydrogen-bond acceptors (Lipinski definition) is 2. The number of nitrogens with zero attached hydrogens (tertiary/aromatic N) is 1. The monoisotopic (exact) mass is 210 g/mol. The summed E-state index contributed by atoms with van der Waals surface area (Å²) in [6.45, 7) is 4.04. The highest BCUT2D eigenvalue weighted by Gasteiger charge is 2.05. The molecule has 1 amide bonds. The molecule has 15 heavy (non-hydrogen) atoms. The summed E-state index contributed by atoms with van der Waals surface area (Å²) in [7, 11) is 0. The third-order valence-electron chi connectivity index (χ3n) is 2.31. The predicted octanol–water partition coefficient (Wildman–Crippen LogP) is 2.77. The highest BCUT2D eigenvalue weighted by molar-refractivity contribution is 5.76. The maximum absolute atomic E-state index is 11.3. The van der Waals surface area contributed by atoms with E-state index in [9.17, 15) is 4.79 Å². The normalized spacial score (nSPS) is 11.8. The minimum Gasteiger partial charge on any atom is -0.353 e. The third-order valence-corrected chi connectivity index (χ3v) is 2.31. The van der Waals surface area contributed by atoms with Crippen molar-refractivity contribution >= 4 is 5.91 Å². The molecule has 0 rings (SSSR count). The van der Waals surface area contributed by atoms with Crippen molar-refractivity contribution in [2.45, 2.75) is 64.8 Å². The van der Waals surface area contributed by atoms with Gasteiger partial charge in [-0.1, -0.05) is 32.6 Å². The van der Waals surface area contributed by atoms with Gasteiger partial charge in [-0.3, -0.25) is 4.79 Å². The lowest BCUT2D eigenvalue weighted by Crippen LogP contribution is -2.31. The van der Waals surface area contributed by atoms with Crippen LogP contribution < -0.4 is 5.32 Å². The molecule has 0 saturated heterocycles. The van der Waals surface area contributed by atoms with Crippen LogP contribution in [0, 0.1) is 11.3 Å². The quantitative estimate of drug-likeness (QED) is 0.626. The van der Waals surface area contributed by atoms with E-state index in [-0.39, 0.29) is 11.9 Å². The van der Waals surface area contributed by atoms with E-state index in [0.717, 1.165) is 12.8 Å². The Morgan fingerprint density at radius 3 is 2.60 bits per heavy atom. The van der Waals surface area contributed by atoms with Gasteiger partial charge in [0.25, 0.3) is 0 Å². The number of rotatable bonds is 8. The number of carbonyl (C=O) groups is 1. The molecule has 0 radical (unpaired) electrons. The molecular weight excluding hydrogens is 188 g/mol. The van der Waals surface area contributed by atoms with E-state index in [1.807, 2.05) is 13.0 Å². The molecule has 0 spiro atoms. The third kappa shape index (κ3) is 9.27. The van der Waals surface area contributed by atoms with Gasteiger partial charge in [0.15, 0.2) is 0 Å². The molecule has 3 heteroatoms. The molecule has 86 valence electrons. The second-order valence-electron chi connectivity index (χ2n) is 4.00. The van der Waals surface area contributed by atoms with Crippen molar-refractivity contribution in [2.75, 3.05) is 0 Å². The topological polar surface area (TPSA) is 52.9 Å². The minimum atomic E-state index is -0.0156. The van der Waals surface area contributed by atoms with Gasteiger partial charge in [0.2, 0.25) is 5.91 Å². The highest BCUT2D eigenvalue weighted by Crippen LogP contribution is 2.05. The van der Waals surface area contributed by atoms with Crippen molar-refractivity contribution in [3.8, 4) is 6.07 Å². The molecule has 0 saturated carbocycles. The van der Waals surface area contributed by atoms with Crippen LogP contribution in [-0.2, 0) is 4.79 Å². The van der Waals surface area contributed by atoms with Crippen LogP contribution >= 0.6 is 0 Å². The molecule has 0 aromatic carbocycles. The van der Waals surface area contributed by atoms with Crippen LogP contribution in [0.4, 0.5) is 0 Å². The van der Waals surface area contributed by atoms with E-state index in [0.29, 0.717) is 12.8 Å². The van der Waals surface area contributed by atoms with Gasteiger partial charge in [-0.2, -0.15) is 5.26 Å². The van der Waals surface area contributed by atoms with Crippen molar-refractivity contribution in [1.82, 2.24) is 5.32 Å². The molecule has 1 atom stereocenters. The fourth-order valence-corrected chi connectivity index (χ4v) is 1.42. The summed E-state index contributed by atoms with van der Waals surface area (Å²) >= 11 is 0. The first-order chi connectivity index (χ1) is 7.20. The molecule has 1 unspecified atom stereocenters. The molecule has 1 N–H and O–H groups in total. The Morgan fingerprint density at radius 2 is 2.00 bits per heavy atom. The predicted molar refractivity (Wildman–Crippen MR) is 61.2 cm³/mol. The van der Waals surface area contributed by atoms with Gasteiger partial charge in [0, 0.05) is 12.5 Å². The van der Waals surface area contributed by atoms with Crippen LogP contribution in [0.1, 0.15) is 58.8 Å². The smallest absolute Gasteiger partial charge is 0.220 e. The molecule has 0 aliphatic carbocycles. The van der Waals surface area contributed by atoms with E-state index in [1.165, 1.54) is 19.3 Å². The lowest BCUT2D eigenvalue weighted by molar-refractivity contribution is -0.121. The molecule has 0 aliphatic rings. The molecule has 0 aromatic rings. The summed E-state index contributed by atoms with van der Waals surface area (Å²) in [5.41, 5.74) is 0. The van der Waals surface area contributed by atoms with Gasteiger partial charge in [-0.15, -0.1) is 0 Å². The standard InChI is InChI=1S/C12H22N2O/c1-3-4-5-6-7-8-12(15)14-11(2)9-10-13/h11H,3-9H2,1-2H3,(H,14,15). The number of carbonyl (C=O) groups excluding carboxylic acids is 1. The Bertz CT molecular complexity index is 208. The zero-order chi connectivity index (χ0) is 11.5. The summed E-state index contributed by atoms with van der Waals surface area (Å²) in [4.78, 5) is 11.3. The fraction of sp³-hybridized carbons (Fsp3) is 0.833. The first kappa shape index (κ1) is 14.0. The molecule has 0 aromatic heterocycles.